The summed E-state index contributed by atoms with van der Waals surface area (Å²) in [6.45, 7) is 6.04. The first-order chi connectivity index (χ1) is 8.56. The van der Waals surface area contributed by atoms with E-state index in [0.29, 0.717) is 11.4 Å². The van der Waals surface area contributed by atoms with Crippen LogP contribution in [-0.2, 0) is 6.42 Å². The van der Waals surface area contributed by atoms with Gasteiger partial charge in [-0.25, -0.2) is 4.68 Å². The Kier molecular flexibility index (Phi) is 3.10. The van der Waals surface area contributed by atoms with Crippen molar-refractivity contribution in [3.63, 3.8) is 0 Å². The van der Waals surface area contributed by atoms with E-state index in [-0.39, 0.29) is 5.84 Å². The molecule has 0 atom stereocenters. The molecule has 0 fully saturated rings. The topological polar surface area (TPSA) is 93.5 Å². The second kappa shape index (κ2) is 4.56. The Morgan fingerprint density at radius 2 is 2.17 bits per heavy atom. The van der Waals surface area contributed by atoms with Crippen molar-refractivity contribution in [3.05, 3.63) is 34.8 Å². The van der Waals surface area contributed by atoms with Crippen LogP contribution in [0.3, 0.4) is 0 Å². The minimum atomic E-state index is -0.0366. The van der Waals surface area contributed by atoms with Crippen molar-refractivity contribution in [2.24, 2.45) is 5.73 Å². The zero-order valence-electron chi connectivity index (χ0n) is 10.7. The number of nitrogen functional groups attached to an aromatic ring is 1. The van der Waals surface area contributed by atoms with Crippen molar-refractivity contribution in [1.29, 1.82) is 5.41 Å². The monoisotopic (exact) mass is 244 g/mol. The highest BCUT2D eigenvalue weighted by molar-refractivity contribution is 5.97. The lowest BCUT2D eigenvalue weighted by atomic mass is 10.1. The van der Waals surface area contributed by atoms with Gasteiger partial charge >= 0.3 is 0 Å². The minimum Gasteiger partial charge on any atom is -0.384 e. The summed E-state index contributed by atoms with van der Waals surface area (Å²) < 4.78 is 1.71. The van der Waals surface area contributed by atoms with Crippen LogP contribution < -0.4 is 5.73 Å². The first-order valence-corrected chi connectivity index (χ1v) is 5.77. The number of aryl methyl sites for hydroxylation is 1. The molecule has 2 rings (SSSR count). The quantitative estimate of drug-likeness (QED) is 0.625. The molecule has 2 aromatic rings. The summed E-state index contributed by atoms with van der Waals surface area (Å²) >= 11 is 0. The minimum absolute atomic E-state index is 0.0366. The average molecular weight is 244 g/mol. The Balaban J connectivity index is 2.66. The van der Waals surface area contributed by atoms with E-state index in [1.807, 2.05) is 13.8 Å². The van der Waals surface area contributed by atoms with Crippen molar-refractivity contribution >= 4 is 5.84 Å². The zero-order valence-corrected chi connectivity index (χ0v) is 10.7. The van der Waals surface area contributed by atoms with Gasteiger partial charge in [0.25, 0.3) is 0 Å². The van der Waals surface area contributed by atoms with Gasteiger partial charge in [0, 0.05) is 5.69 Å². The first kappa shape index (κ1) is 12.2. The maximum Gasteiger partial charge on any atom is 0.186 e. The van der Waals surface area contributed by atoms with Crippen molar-refractivity contribution in [3.8, 4) is 5.82 Å². The van der Waals surface area contributed by atoms with Gasteiger partial charge in [0.15, 0.2) is 5.82 Å². The van der Waals surface area contributed by atoms with Crippen LogP contribution >= 0.6 is 0 Å². The smallest absolute Gasteiger partial charge is 0.186 e. The number of rotatable bonds is 3. The fourth-order valence-corrected chi connectivity index (χ4v) is 2.08. The molecule has 0 aromatic carbocycles. The maximum atomic E-state index is 7.57. The predicted octanol–water partition coefficient (Wildman–Crippen LogP) is 1.13. The lowest BCUT2D eigenvalue weighted by Crippen LogP contribution is -2.17. The van der Waals surface area contributed by atoms with Gasteiger partial charge in [-0.2, -0.15) is 10.2 Å². The summed E-state index contributed by atoms with van der Waals surface area (Å²) in [5, 5.41) is 19.9. The summed E-state index contributed by atoms with van der Waals surface area (Å²) in [6, 6.07) is 1.67. The highest BCUT2D eigenvalue weighted by Crippen LogP contribution is 2.18. The lowest BCUT2D eigenvalue weighted by Gasteiger charge is -2.07. The van der Waals surface area contributed by atoms with Gasteiger partial charge in [-0.15, -0.1) is 5.10 Å². The molecular formula is C12H16N6. The van der Waals surface area contributed by atoms with Crippen LogP contribution in [0, 0.1) is 19.3 Å². The van der Waals surface area contributed by atoms with E-state index >= 15 is 0 Å². The van der Waals surface area contributed by atoms with Gasteiger partial charge < -0.3 is 5.73 Å². The summed E-state index contributed by atoms with van der Waals surface area (Å²) in [5.74, 6) is 0.468. The molecule has 0 unspecified atom stereocenters. The van der Waals surface area contributed by atoms with E-state index in [4.69, 9.17) is 11.1 Å². The Bertz CT molecular complexity index is 599. The molecule has 0 radical (unpaired) electrons. The van der Waals surface area contributed by atoms with Gasteiger partial charge in [-0.05, 0) is 31.9 Å². The maximum absolute atomic E-state index is 7.57. The van der Waals surface area contributed by atoms with Crippen LogP contribution in [0.1, 0.15) is 29.4 Å². The number of aromatic nitrogens is 4. The largest absolute Gasteiger partial charge is 0.384 e. The number of hydrogen-bond donors (Lipinski definition) is 2. The Labute approximate surface area is 105 Å². The Morgan fingerprint density at radius 1 is 1.44 bits per heavy atom. The second-order valence-electron chi connectivity index (χ2n) is 4.10. The van der Waals surface area contributed by atoms with Gasteiger partial charge in [0.1, 0.15) is 5.84 Å². The SMILES string of the molecule is CCc1c(C)nn(-c2nnccc2C(=N)N)c1C. The van der Waals surface area contributed by atoms with E-state index in [2.05, 4.69) is 22.2 Å². The molecule has 94 valence electrons. The van der Waals surface area contributed by atoms with Crippen LogP contribution in [0.5, 0.6) is 0 Å². The number of nitrogens with one attached hydrogen (secondary N) is 1. The number of nitrogens with zero attached hydrogens (tertiary/aromatic N) is 4. The van der Waals surface area contributed by atoms with Crippen LogP contribution in [0.15, 0.2) is 12.3 Å². The van der Waals surface area contributed by atoms with Gasteiger partial charge in [-0.3, -0.25) is 5.41 Å². The molecule has 0 aliphatic rings. The van der Waals surface area contributed by atoms with Crippen molar-refractivity contribution in [2.45, 2.75) is 27.2 Å². The van der Waals surface area contributed by atoms with Crippen LogP contribution in [0.4, 0.5) is 0 Å². The Hall–Kier alpha value is -2.24. The van der Waals surface area contributed by atoms with Crippen LogP contribution in [0.25, 0.3) is 5.82 Å². The lowest BCUT2D eigenvalue weighted by molar-refractivity contribution is 0.778. The van der Waals surface area contributed by atoms with E-state index in [1.165, 1.54) is 11.8 Å². The Morgan fingerprint density at radius 3 is 2.72 bits per heavy atom. The van der Waals surface area contributed by atoms with Gasteiger partial charge in [0.2, 0.25) is 0 Å². The molecule has 6 heteroatoms. The summed E-state index contributed by atoms with van der Waals surface area (Å²) in [7, 11) is 0. The first-order valence-electron chi connectivity index (χ1n) is 5.77. The van der Waals surface area contributed by atoms with E-state index in [0.717, 1.165) is 17.8 Å². The number of hydrogen-bond acceptors (Lipinski definition) is 4. The van der Waals surface area contributed by atoms with Crippen LogP contribution in [-0.4, -0.2) is 25.8 Å². The highest BCUT2D eigenvalue weighted by atomic mass is 15.3. The molecule has 0 spiro atoms. The molecule has 0 saturated carbocycles. The molecule has 2 aromatic heterocycles. The molecule has 0 saturated heterocycles. The molecule has 3 N–H and O–H groups in total. The second-order valence-corrected chi connectivity index (χ2v) is 4.10. The molecule has 0 aliphatic carbocycles. The fraction of sp³-hybridized carbons (Fsp3) is 0.333. The third-order valence-corrected chi connectivity index (χ3v) is 2.99. The molecule has 0 bridgehead atoms. The van der Waals surface area contributed by atoms with Gasteiger partial charge in [0.05, 0.1) is 17.5 Å². The summed E-state index contributed by atoms with van der Waals surface area (Å²) in [5.41, 5.74) is 9.26. The molecule has 6 nitrogen and oxygen atoms in total. The molecule has 2 heterocycles. The molecule has 18 heavy (non-hydrogen) atoms. The van der Waals surface area contributed by atoms with Gasteiger partial charge in [-0.1, -0.05) is 6.92 Å². The van der Waals surface area contributed by atoms with E-state index in [9.17, 15) is 0 Å². The van der Waals surface area contributed by atoms with Crippen molar-refractivity contribution < 1.29 is 0 Å². The standard InChI is InChI=1S/C12H16N6/c1-4-9-7(2)17-18(8(9)3)12-10(11(13)14)5-6-15-16-12/h5-6H,4H2,1-3H3,(H3,13,14). The number of nitrogens with two attached hydrogens (primary N) is 1. The third-order valence-electron chi connectivity index (χ3n) is 2.99. The van der Waals surface area contributed by atoms with E-state index in [1.54, 1.807) is 10.7 Å². The molecular weight excluding hydrogens is 228 g/mol. The molecule has 0 amide bonds. The highest BCUT2D eigenvalue weighted by Gasteiger charge is 2.16. The normalized spacial score (nSPS) is 10.6. The average Bonchev–Trinajstić information content (AvgIpc) is 2.64. The van der Waals surface area contributed by atoms with Crippen LogP contribution in [0.2, 0.25) is 0 Å². The zero-order chi connectivity index (χ0) is 13.3. The fourth-order valence-electron chi connectivity index (χ4n) is 2.08. The van der Waals surface area contributed by atoms with E-state index < -0.39 is 0 Å². The van der Waals surface area contributed by atoms with Crippen molar-refractivity contribution in [1.82, 2.24) is 20.0 Å². The number of amidine groups is 1. The van der Waals surface area contributed by atoms with Crippen molar-refractivity contribution in [2.75, 3.05) is 0 Å². The summed E-state index contributed by atoms with van der Waals surface area (Å²) in [6.07, 6.45) is 2.43. The summed E-state index contributed by atoms with van der Waals surface area (Å²) in [4.78, 5) is 0. The predicted molar refractivity (Wildman–Crippen MR) is 69.0 cm³/mol. The third kappa shape index (κ3) is 1.85. The molecule has 0 aliphatic heterocycles.